The summed E-state index contributed by atoms with van der Waals surface area (Å²) in [6, 6.07) is 0.0237. The van der Waals surface area contributed by atoms with E-state index < -0.39 is 10.0 Å². The van der Waals surface area contributed by atoms with Crippen LogP contribution in [0.15, 0.2) is 0 Å². The van der Waals surface area contributed by atoms with Crippen molar-refractivity contribution in [3.05, 3.63) is 0 Å². The van der Waals surface area contributed by atoms with E-state index in [1.807, 2.05) is 0 Å². The molecule has 0 saturated carbocycles. The fourth-order valence-corrected chi connectivity index (χ4v) is 4.96. The molecule has 118 valence electrons. The summed E-state index contributed by atoms with van der Waals surface area (Å²) in [7, 11) is -3.22. The molecule has 2 rings (SSSR count). The maximum absolute atomic E-state index is 12.4. The molecule has 2 N–H and O–H groups in total. The van der Waals surface area contributed by atoms with Gasteiger partial charge in [0.15, 0.2) is 0 Å². The van der Waals surface area contributed by atoms with Crippen LogP contribution in [0.2, 0.25) is 0 Å². The minimum atomic E-state index is -3.22. The third-order valence-electron chi connectivity index (χ3n) is 4.80. The molecule has 0 bridgehead atoms. The van der Waals surface area contributed by atoms with Gasteiger partial charge in [0.1, 0.15) is 0 Å². The molecule has 6 heteroatoms. The fourth-order valence-electron chi connectivity index (χ4n) is 3.28. The highest BCUT2D eigenvalue weighted by Crippen LogP contribution is 2.32. The average molecular weight is 304 g/mol. The van der Waals surface area contributed by atoms with Gasteiger partial charge in [-0.15, -0.1) is 0 Å². The molecular weight excluding hydrogens is 276 g/mol. The molecule has 2 atom stereocenters. The molecule has 2 unspecified atom stereocenters. The first-order valence-corrected chi connectivity index (χ1v) is 9.42. The minimum Gasteiger partial charge on any atom is -0.375 e. The quantitative estimate of drug-likeness (QED) is 0.805. The largest absolute Gasteiger partial charge is 0.375 e. The molecule has 0 spiro atoms. The van der Waals surface area contributed by atoms with E-state index in [4.69, 9.17) is 4.74 Å². The first-order chi connectivity index (χ1) is 9.51. The molecule has 0 amide bonds. The summed E-state index contributed by atoms with van der Waals surface area (Å²) >= 11 is 0. The van der Waals surface area contributed by atoms with Gasteiger partial charge in [-0.05, 0) is 45.1 Å². The lowest BCUT2D eigenvalue weighted by Crippen LogP contribution is -2.52. The smallest absolute Gasteiger partial charge is 0.215 e. The number of hydrogen-bond acceptors (Lipinski definition) is 4. The van der Waals surface area contributed by atoms with Gasteiger partial charge in [0, 0.05) is 19.2 Å². The van der Waals surface area contributed by atoms with Crippen molar-refractivity contribution in [2.75, 3.05) is 19.7 Å². The topological polar surface area (TPSA) is 67.4 Å². The molecule has 0 aliphatic carbocycles. The van der Waals surface area contributed by atoms with Crippen LogP contribution in [0.4, 0.5) is 0 Å². The van der Waals surface area contributed by atoms with Crippen molar-refractivity contribution in [3.8, 4) is 0 Å². The average Bonchev–Trinajstić information content (AvgIpc) is 2.48. The summed E-state index contributed by atoms with van der Waals surface area (Å²) < 4.78 is 33.7. The Labute approximate surface area is 122 Å². The lowest BCUT2D eigenvalue weighted by molar-refractivity contribution is -0.0905. The number of rotatable bonds is 5. The Morgan fingerprint density at radius 3 is 2.65 bits per heavy atom. The summed E-state index contributed by atoms with van der Waals surface area (Å²) in [5.74, 6) is 0. The number of ether oxygens (including phenoxy) is 1. The highest BCUT2D eigenvalue weighted by Gasteiger charge is 2.37. The Kier molecular flexibility index (Phi) is 5.45. The minimum absolute atomic E-state index is 0.0237. The predicted molar refractivity (Wildman–Crippen MR) is 80.2 cm³/mol. The Morgan fingerprint density at radius 1 is 1.30 bits per heavy atom. The molecular formula is C14H28N2O3S. The number of piperidine rings is 1. The van der Waals surface area contributed by atoms with E-state index in [2.05, 4.69) is 23.9 Å². The second-order valence-electron chi connectivity index (χ2n) is 6.06. The lowest BCUT2D eigenvalue weighted by Gasteiger charge is -2.40. The SMILES string of the molecule is CCC1(CC)CC(NS(=O)(=O)C2CCCNC2)CCO1. The predicted octanol–water partition coefficient (Wildman–Crippen LogP) is 1.40. The van der Waals surface area contributed by atoms with Gasteiger partial charge in [0.05, 0.1) is 10.9 Å². The van der Waals surface area contributed by atoms with Crippen LogP contribution in [0.1, 0.15) is 52.4 Å². The van der Waals surface area contributed by atoms with Crippen molar-refractivity contribution in [2.24, 2.45) is 0 Å². The normalized spacial score (nSPS) is 31.1. The van der Waals surface area contributed by atoms with Gasteiger partial charge in [-0.2, -0.15) is 0 Å². The van der Waals surface area contributed by atoms with Crippen molar-refractivity contribution < 1.29 is 13.2 Å². The van der Waals surface area contributed by atoms with Crippen molar-refractivity contribution in [1.29, 1.82) is 0 Å². The van der Waals surface area contributed by atoms with Crippen LogP contribution in [0.5, 0.6) is 0 Å². The van der Waals surface area contributed by atoms with Crippen molar-refractivity contribution >= 4 is 10.0 Å². The molecule has 0 aromatic carbocycles. The Bertz CT molecular complexity index is 401. The maximum Gasteiger partial charge on any atom is 0.215 e. The van der Waals surface area contributed by atoms with Gasteiger partial charge in [0.25, 0.3) is 0 Å². The zero-order valence-electron chi connectivity index (χ0n) is 12.7. The Hall–Kier alpha value is -0.170. The number of sulfonamides is 1. The van der Waals surface area contributed by atoms with E-state index in [1.165, 1.54) is 0 Å². The fraction of sp³-hybridized carbons (Fsp3) is 1.00. The van der Waals surface area contributed by atoms with E-state index in [0.717, 1.165) is 45.1 Å². The molecule has 0 aromatic rings. The standard InChI is InChI=1S/C14H28N2O3S/c1-3-14(4-2)10-12(7-9-19-14)16-20(17,18)13-6-5-8-15-11-13/h12-13,15-16H,3-11H2,1-2H3. The molecule has 0 aromatic heterocycles. The summed E-state index contributed by atoms with van der Waals surface area (Å²) in [6.07, 6.45) is 5.14. The van der Waals surface area contributed by atoms with Crippen LogP contribution < -0.4 is 10.0 Å². The van der Waals surface area contributed by atoms with Crippen LogP contribution in [-0.2, 0) is 14.8 Å². The lowest BCUT2D eigenvalue weighted by atomic mass is 9.86. The van der Waals surface area contributed by atoms with Gasteiger partial charge in [-0.25, -0.2) is 13.1 Å². The molecule has 5 nitrogen and oxygen atoms in total. The summed E-state index contributed by atoms with van der Waals surface area (Å²) in [5, 5.41) is 2.89. The first-order valence-electron chi connectivity index (χ1n) is 7.87. The van der Waals surface area contributed by atoms with E-state index >= 15 is 0 Å². The van der Waals surface area contributed by atoms with Crippen molar-refractivity contribution in [2.45, 2.75) is 69.3 Å². The third kappa shape index (κ3) is 3.72. The van der Waals surface area contributed by atoms with Crippen LogP contribution in [0.3, 0.4) is 0 Å². The molecule has 2 heterocycles. The van der Waals surface area contributed by atoms with E-state index in [-0.39, 0.29) is 16.9 Å². The molecule has 20 heavy (non-hydrogen) atoms. The van der Waals surface area contributed by atoms with Crippen LogP contribution in [0, 0.1) is 0 Å². The molecule has 2 aliphatic heterocycles. The second kappa shape index (κ2) is 6.73. The van der Waals surface area contributed by atoms with Gasteiger partial charge in [-0.3, -0.25) is 0 Å². The Balaban J connectivity index is 1.98. The third-order valence-corrected chi connectivity index (χ3v) is 6.74. The highest BCUT2D eigenvalue weighted by molar-refractivity contribution is 7.90. The van der Waals surface area contributed by atoms with E-state index in [0.29, 0.717) is 13.2 Å². The van der Waals surface area contributed by atoms with Crippen LogP contribution >= 0.6 is 0 Å². The van der Waals surface area contributed by atoms with Gasteiger partial charge in [-0.1, -0.05) is 13.8 Å². The highest BCUT2D eigenvalue weighted by atomic mass is 32.2. The molecule has 0 radical (unpaired) electrons. The van der Waals surface area contributed by atoms with Crippen molar-refractivity contribution in [1.82, 2.24) is 10.0 Å². The van der Waals surface area contributed by atoms with Crippen molar-refractivity contribution in [3.63, 3.8) is 0 Å². The van der Waals surface area contributed by atoms with E-state index in [1.54, 1.807) is 0 Å². The maximum atomic E-state index is 12.4. The molecule has 2 fully saturated rings. The molecule has 2 saturated heterocycles. The van der Waals surface area contributed by atoms with Gasteiger partial charge >= 0.3 is 0 Å². The zero-order chi connectivity index (χ0) is 14.6. The number of nitrogens with one attached hydrogen (secondary N) is 2. The van der Waals surface area contributed by atoms with Crippen LogP contribution in [-0.4, -0.2) is 45.0 Å². The zero-order valence-corrected chi connectivity index (χ0v) is 13.5. The number of hydrogen-bond donors (Lipinski definition) is 2. The summed E-state index contributed by atoms with van der Waals surface area (Å²) in [6.45, 7) is 6.39. The monoisotopic (exact) mass is 304 g/mol. The summed E-state index contributed by atoms with van der Waals surface area (Å²) in [4.78, 5) is 0. The first kappa shape index (κ1) is 16.2. The van der Waals surface area contributed by atoms with Gasteiger partial charge < -0.3 is 10.1 Å². The molecule has 2 aliphatic rings. The van der Waals surface area contributed by atoms with Crippen LogP contribution in [0.25, 0.3) is 0 Å². The summed E-state index contributed by atoms with van der Waals surface area (Å²) in [5.41, 5.74) is -0.143. The van der Waals surface area contributed by atoms with Gasteiger partial charge in [0.2, 0.25) is 10.0 Å². The second-order valence-corrected chi connectivity index (χ2v) is 8.05. The van der Waals surface area contributed by atoms with E-state index in [9.17, 15) is 8.42 Å². The Morgan fingerprint density at radius 2 is 2.05 bits per heavy atom.